The molecule has 2 aliphatic carbocycles. The molecule has 0 aliphatic heterocycles. The van der Waals surface area contributed by atoms with Gasteiger partial charge in [-0.1, -0.05) is 0 Å². The first-order valence-corrected chi connectivity index (χ1v) is 6.81. The average Bonchev–Trinajstić information content (AvgIpc) is 3.13. The predicted octanol–water partition coefficient (Wildman–Crippen LogP) is 1.17. The lowest BCUT2D eigenvalue weighted by Crippen LogP contribution is -2.39. The van der Waals surface area contributed by atoms with Crippen LogP contribution in [0.25, 0.3) is 0 Å². The number of aliphatic carboxylic acids is 1. The maximum absolute atomic E-state index is 10.9. The van der Waals surface area contributed by atoms with Crippen molar-refractivity contribution in [2.24, 2.45) is 11.8 Å². The molecule has 0 aromatic carbocycles. The highest BCUT2D eigenvalue weighted by Crippen LogP contribution is 2.33. The maximum Gasteiger partial charge on any atom is 0.320 e. The first-order valence-electron chi connectivity index (χ1n) is 6.81. The second kappa shape index (κ2) is 5.83. The Bertz CT molecular complexity index is 248. The van der Waals surface area contributed by atoms with Crippen LogP contribution < -0.4 is 5.32 Å². The molecule has 1 unspecified atom stereocenters. The van der Waals surface area contributed by atoms with Gasteiger partial charge >= 0.3 is 5.97 Å². The zero-order valence-corrected chi connectivity index (χ0v) is 10.7. The third-order valence-electron chi connectivity index (χ3n) is 3.81. The molecule has 0 aromatic heterocycles. The van der Waals surface area contributed by atoms with Crippen molar-refractivity contribution in [3.63, 3.8) is 0 Å². The lowest BCUT2D eigenvalue weighted by molar-refractivity contribution is -0.139. The van der Waals surface area contributed by atoms with E-state index in [0.717, 1.165) is 18.4 Å². The van der Waals surface area contributed by atoms with E-state index in [-0.39, 0.29) is 0 Å². The van der Waals surface area contributed by atoms with Gasteiger partial charge < -0.3 is 15.3 Å². The summed E-state index contributed by atoms with van der Waals surface area (Å²) in [6.07, 6.45) is 6.20. The van der Waals surface area contributed by atoms with Crippen LogP contribution in [0.15, 0.2) is 0 Å². The Kier molecular flexibility index (Phi) is 4.40. The Labute approximate surface area is 103 Å². The molecule has 4 nitrogen and oxygen atoms in total. The molecule has 98 valence electrons. The van der Waals surface area contributed by atoms with Gasteiger partial charge in [0, 0.05) is 19.6 Å². The molecule has 2 N–H and O–H groups in total. The van der Waals surface area contributed by atoms with Crippen LogP contribution in [0.5, 0.6) is 0 Å². The molecule has 0 amide bonds. The fourth-order valence-corrected chi connectivity index (χ4v) is 2.29. The third kappa shape index (κ3) is 4.64. The Morgan fingerprint density at radius 1 is 1.29 bits per heavy atom. The van der Waals surface area contributed by atoms with Crippen molar-refractivity contribution in [3.05, 3.63) is 0 Å². The predicted molar refractivity (Wildman–Crippen MR) is 67.0 cm³/mol. The van der Waals surface area contributed by atoms with Crippen LogP contribution in [-0.4, -0.2) is 48.7 Å². The smallest absolute Gasteiger partial charge is 0.320 e. The fraction of sp³-hybridized carbons (Fsp3) is 0.923. The van der Waals surface area contributed by atoms with Crippen LogP contribution in [0.1, 0.15) is 32.1 Å². The molecule has 0 aromatic rings. The summed E-state index contributed by atoms with van der Waals surface area (Å²) in [5.41, 5.74) is 0. The molecular weight excluding hydrogens is 216 g/mol. The van der Waals surface area contributed by atoms with Crippen molar-refractivity contribution < 1.29 is 9.90 Å². The highest BCUT2D eigenvalue weighted by molar-refractivity contribution is 5.73. The summed E-state index contributed by atoms with van der Waals surface area (Å²) >= 11 is 0. The number of carboxylic acids is 1. The van der Waals surface area contributed by atoms with Gasteiger partial charge in [0.15, 0.2) is 0 Å². The highest BCUT2D eigenvalue weighted by atomic mass is 16.4. The average molecular weight is 240 g/mol. The number of carboxylic acid groups (broad SMARTS) is 1. The number of nitrogens with zero attached hydrogens (tertiary/aromatic N) is 1. The van der Waals surface area contributed by atoms with Crippen LogP contribution in [0, 0.1) is 11.8 Å². The van der Waals surface area contributed by atoms with E-state index >= 15 is 0 Å². The lowest BCUT2D eigenvalue weighted by atomic mass is 10.2. The van der Waals surface area contributed by atoms with E-state index in [1.165, 1.54) is 38.8 Å². The van der Waals surface area contributed by atoms with Crippen molar-refractivity contribution in [2.45, 2.75) is 38.1 Å². The summed E-state index contributed by atoms with van der Waals surface area (Å²) < 4.78 is 0. The van der Waals surface area contributed by atoms with Gasteiger partial charge in [-0.15, -0.1) is 0 Å². The summed E-state index contributed by atoms with van der Waals surface area (Å²) in [6, 6.07) is -0.393. The molecular formula is C13H24N2O2. The van der Waals surface area contributed by atoms with Gasteiger partial charge in [-0.25, -0.2) is 0 Å². The molecule has 17 heavy (non-hydrogen) atoms. The standard InChI is InChI=1S/C13H24N2O2/c1-14-12(13(16)17)6-7-15(8-10-2-3-10)9-11-4-5-11/h10-12,14H,2-9H2,1H3,(H,16,17). The monoisotopic (exact) mass is 240 g/mol. The minimum Gasteiger partial charge on any atom is -0.480 e. The van der Waals surface area contributed by atoms with Gasteiger partial charge in [0.2, 0.25) is 0 Å². The summed E-state index contributed by atoms with van der Waals surface area (Å²) in [5.74, 6) is 1.06. The van der Waals surface area contributed by atoms with E-state index in [4.69, 9.17) is 5.11 Å². The van der Waals surface area contributed by atoms with Crippen molar-refractivity contribution >= 4 is 5.97 Å². The molecule has 0 spiro atoms. The lowest BCUT2D eigenvalue weighted by Gasteiger charge is -2.23. The quantitative estimate of drug-likeness (QED) is 0.635. The summed E-state index contributed by atoms with van der Waals surface area (Å²) in [5, 5.41) is 11.9. The van der Waals surface area contributed by atoms with Gasteiger partial charge in [-0.05, 0) is 51.0 Å². The number of carbonyl (C=O) groups is 1. The van der Waals surface area contributed by atoms with Crippen molar-refractivity contribution in [2.75, 3.05) is 26.7 Å². The SMILES string of the molecule is CNC(CCN(CC1CC1)CC1CC1)C(=O)O. The minimum atomic E-state index is -0.731. The van der Waals surface area contributed by atoms with Crippen LogP contribution >= 0.6 is 0 Å². The molecule has 2 fully saturated rings. The Morgan fingerprint density at radius 3 is 2.18 bits per heavy atom. The zero-order valence-electron chi connectivity index (χ0n) is 10.7. The Hall–Kier alpha value is -0.610. The van der Waals surface area contributed by atoms with Gasteiger partial charge in [0.25, 0.3) is 0 Å². The molecule has 2 aliphatic rings. The normalized spacial score (nSPS) is 21.8. The van der Waals surface area contributed by atoms with Crippen LogP contribution in [0.3, 0.4) is 0 Å². The molecule has 0 saturated heterocycles. The summed E-state index contributed by atoms with van der Waals surface area (Å²) in [6.45, 7) is 3.30. The number of likely N-dealkylation sites (N-methyl/N-ethyl adjacent to an activating group) is 1. The summed E-state index contributed by atoms with van der Waals surface area (Å²) in [7, 11) is 1.73. The van der Waals surface area contributed by atoms with Gasteiger partial charge in [0.1, 0.15) is 6.04 Å². The van der Waals surface area contributed by atoms with E-state index in [1.807, 2.05) is 0 Å². The van der Waals surface area contributed by atoms with E-state index in [0.29, 0.717) is 6.42 Å². The van der Waals surface area contributed by atoms with Crippen LogP contribution in [0.4, 0.5) is 0 Å². The molecule has 2 saturated carbocycles. The molecule has 1 atom stereocenters. The Balaban J connectivity index is 1.72. The highest BCUT2D eigenvalue weighted by Gasteiger charge is 2.29. The zero-order chi connectivity index (χ0) is 12.3. The number of hydrogen-bond acceptors (Lipinski definition) is 3. The maximum atomic E-state index is 10.9. The Morgan fingerprint density at radius 2 is 1.82 bits per heavy atom. The van der Waals surface area contributed by atoms with Crippen LogP contribution in [-0.2, 0) is 4.79 Å². The van der Waals surface area contributed by atoms with E-state index in [2.05, 4.69) is 10.2 Å². The van der Waals surface area contributed by atoms with Crippen molar-refractivity contribution in [1.29, 1.82) is 0 Å². The number of nitrogens with one attached hydrogen (secondary N) is 1. The van der Waals surface area contributed by atoms with Crippen molar-refractivity contribution in [1.82, 2.24) is 10.2 Å². The first kappa shape index (κ1) is 12.8. The topological polar surface area (TPSA) is 52.6 Å². The number of rotatable bonds is 9. The van der Waals surface area contributed by atoms with Gasteiger partial charge in [0.05, 0.1) is 0 Å². The van der Waals surface area contributed by atoms with E-state index < -0.39 is 12.0 Å². The van der Waals surface area contributed by atoms with Crippen molar-refractivity contribution in [3.8, 4) is 0 Å². The summed E-state index contributed by atoms with van der Waals surface area (Å²) in [4.78, 5) is 13.4. The molecule has 4 heteroatoms. The fourth-order valence-electron chi connectivity index (χ4n) is 2.29. The first-order chi connectivity index (χ1) is 8.19. The van der Waals surface area contributed by atoms with Gasteiger partial charge in [-0.3, -0.25) is 4.79 Å². The molecule has 0 bridgehead atoms. The second-order valence-corrected chi connectivity index (χ2v) is 5.61. The second-order valence-electron chi connectivity index (χ2n) is 5.61. The number of hydrogen-bond donors (Lipinski definition) is 2. The molecule has 0 radical (unpaired) electrons. The minimum absolute atomic E-state index is 0.393. The molecule has 2 rings (SSSR count). The molecule has 0 heterocycles. The van der Waals surface area contributed by atoms with Gasteiger partial charge in [-0.2, -0.15) is 0 Å². The van der Waals surface area contributed by atoms with E-state index in [1.54, 1.807) is 7.05 Å². The van der Waals surface area contributed by atoms with Crippen LogP contribution in [0.2, 0.25) is 0 Å². The largest absolute Gasteiger partial charge is 0.480 e. The van der Waals surface area contributed by atoms with E-state index in [9.17, 15) is 4.79 Å². The third-order valence-corrected chi connectivity index (χ3v) is 3.81.